The molecule has 0 aliphatic carbocycles. The lowest BCUT2D eigenvalue weighted by Gasteiger charge is -2.32. The van der Waals surface area contributed by atoms with Crippen LogP contribution in [0.5, 0.6) is 0 Å². The molecule has 1 unspecified atom stereocenters. The summed E-state index contributed by atoms with van der Waals surface area (Å²) in [5.41, 5.74) is 0.784. The van der Waals surface area contributed by atoms with Crippen molar-refractivity contribution in [2.75, 3.05) is 38.6 Å². The van der Waals surface area contributed by atoms with E-state index in [-0.39, 0.29) is 54.4 Å². The van der Waals surface area contributed by atoms with Crippen LogP contribution in [0.1, 0.15) is 30.1 Å². The Kier molecular flexibility index (Phi) is 8.18. The number of nitrogens with one attached hydrogen (secondary N) is 1. The van der Waals surface area contributed by atoms with E-state index in [9.17, 15) is 24.5 Å². The third kappa shape index (κ3) is 6.09. The molecule has 1 N–H and O–H groups in total. The normalized spacial score (nSPS) is 15.4. The third-order valence-corrected chi connectivity index (χ3v) is 5.61. The minimum atomic E-state index is -0.559. The van der Waals surface area contributed by atoms with E-state index in [2.05, 4.69) is 5.32 Å². The van der Waals surface area contributed by atoms with E-state index in [0.717, 1.165) is 0 Å². The van der Waals surface area contributed by atoms with Crippen LogP contribution in [0.3, 0.4) is 0 Å². The van der Waals surface area contributed by atoms with Gasteiger partial charge in [0.05, 0.1) is 24.0 Å². The van der Waals surface area contributed by atoms with Crippen molar-refractivity contribution in [3.63, 3.8) is 0 Å². The van der Waals surface area contributed by atoms with Gasteiger partial charge in [0.2, 0.25) is 5.91 Å². The zero-order valence-electron chi connectivity index (χ0n) is 19.2. The number of piperidine rings is 1. The molecule has 0 bridgehead atoms. The Morgan fingerprint density at radius 3 is 2.62 bits per heavy atom. The van der Waals surface area contributed by atoms with Crippen molar-refractivity contribution in [3.8, 4) is 0 Å². The van der Waals surface area contributed by atoms with Gasteiger partial charge in [-0.1, -0.05) is 18.2 Å². The molecule has 180 valence electrons. The van der Waals surface area contributed by atoms with Crippen molar-refractivity contribution >= 4 is 34.8 Å². The number of nitro groups is 1. The second kappa shape index (κ2) is 11.3. The maximum absolute atomic E-state index is 12.9. The number of hydrogen-bond acceptors (Lipinski definition) is 7. The molecule has 1 aliphatic rings. The number of amides is 2. The maximum atomic E-state index is 12.9. The summed E-state index contributed by atoms with van der Waals surface area (Å²) in [6.45, 7) is 2.57. The molecule has 10 nitrogen and oxygen atoms in total. The Morgan fingerprint density at radius 1 is 1.21 bits per heavy atom. The summed E-state index contributed by atoms with van der Waals surface area (Å²) >= 11 is 0. The molecular formula is C24H28N4O6. The van der Waals surface area contributed by atoms with E-state index in [1.807, 2.05) is 6.07 Å². The predicted octanol–water partition coefficient (Wildman–Crippen LogP) is 3.21. The van der Waals surface area contributed by atoms with E-state index in [0.29, 0.717) is 25.1 Å². The Hall–Kier alpha value is -3.95. The monoisotopic (exact) mass is 468 g/mol. The highest BCUT2D eigenvalue weighted by Gasteiger charge is 2.30. The third-order valence-electron chi connectivity index (χ3n) is 5.61. The van der Waals surface area contributed by atoms with Crippen LogP contribution in [0.15, 0.2) is 48.5 Å². The first-order chi connectivity index (χ1) is 16.3. The first-order valence-electron chi connectivity index (χ1n) is 11.1. The number of rotatable bonds is 8. The number of nitro benzene ring substituents is 1. The van der Waals surface area contributed by atoms with Gasteiger partial charge in [-0.3, -0.25) is 24.5 Å². The fourth-order valence-electron chi connectivity index (χ4n) is 3.85. The topological polar surface area (TPSA) is 122 Å². The smallest absolute Gasteiger partial charge is 0.310 e. The van der Waals surface area contributed by atoms with Gasteiger partial charge >= 0.3 is 5.97 Å². The lowest BCUT2D eigenvalue weighted by Crippen LogP contribution is -2.47. The SMILES string of the molecule is CCOC(=O)C1CCCN(C(=O)CN(C)C(=O)c2ccc(Nc3ccccc3)c([N+](=O)[O-])c2)C1. The number of ether oxygens (including phenoxy) is 1. The Labute approximate surface area is 197 Å². The number of anilines is 2. The average molecular weight is 469 g/mol. The number of esters is 1. The quantitative estimate of drug-likeness (QED) is 0.359. The fraction of sp³-hybridized carbons (Fsp3) is 0.375. The first-order valence-corrected chi connectivity index (χ1v) is 11.1. The number of carbonyl (C=O) groups excluding carboxylic acids is 3. The molecule has 0 spiro atoms. The largest absolute Gasteiger partial charge is 0.466 e. The van der Waals surface area contributed by atoms with Crippen LogP contribution in [0.4, 0.5) is 17.1 Å². The molecule has 0 saturated carbocycles. The zero-order chi connectivity index (χ0) is 24.7. The highest BCUT2D eigenvalue weighted by Crippen LogP contribution is 2.29. The van der Waals surface area contributed by atoms with Crippen LogP contribution in [0.2, 0.25) is 0 Å². The van der Waals surface area contributed by atoms with Gasteiger partial charge in [0.1, 0.15) is 5.69 Å². The summed E-state index contributed by atoms with van der Waals surface area (Å²) in [5.74, 6) is -1.49. The molecule has 10 heteroatoms. The number of likely N-dealkylation sites (N-methyl/N-ethyl adjacent to an activating group) is 1. The fourth-order valence-corrected chi connectivity index (χ4v) is 3.85. The number of nitrogens with zero attached hydrogens (tertiary/aromatic N) is 3. The van der Waals surface area contributed by atoms with Crippen LogP contribution in [0, 0.1) is 16.0 Å². The van der Waals surface area contributed by atoms with E-state index < -0.39 is 10.8 Å². The first kappa shape index (κ1) is 24.7. The number of likely N-dealkylation sites (tertiary alicyclic amines) is 1. The van der Waals surface area contributed by atoms with Crippen molar-refractivity contribution in [1.82, 2.24) is 9.80 Å². The van der Waals surface area contributed by atoms with Crippen molar-refractivity contribution in [2.45, 2.75) is 19.8 Å². The molecule has 34 heavy (non-hydrogen) atoms. The van der Waals surface area contributed by atoms with Crippen LogP contribution < -0.4 is 5.32 Å². The summed E-state index contributed by atoms with van der Waals surface area (Å²) in [6, 6.07) is 13.1. The van der Waals surface area contributed by atoms with Gasteiger partial charge in [-0.05, 0) is 44.0 Å². The molecule has 1 heterocycles. The highest BCUT2D eigenvalue weighted by atomic mass is 16.6. The van der Waals surface area contributed by atoms with E-state index >= 15 is 0 Å². The highest BCUT2D eigenvalue weighted by molar-refractivity contribution is 5.97. The predicted molar refractivity (Wildman–Crippen MR) is 126 cm³/mol. The molecule has 2 aromatic carbocycles. The Bertz CT molecular complexity index is 1060. The van der Waals surface area contributed by atoms with Gasteiger partial charge in [0, 0.05) is 37.5 Å². The van der Waals surface area contributed by atoms with Crippen molar-refractivity contribution in [2.24, 2.45) is 5.92 Å². The van der Waals surface area contributed by atoms with Crippen molar-refractivity contribution < 1.29 is 24.0 Å². The number of para-hydroxylation sites is 1. The van der Waals surface area contributed by atoms with E-state index in [1.54, 1.807) is 36.1 Å². The second-order valence-electron chi connectivity index (χ2n) is 8.07. The van der Waals surface area contributed by atoms with Gasteiger partial charge in [-0.15, -0.1) is 0 Å². The molecule has 3 rings (SSSR count). The summed E-state index contributed by atoms with van der Waals surface area (Å²) < 4.78 is 5.06. The van der Waals surface area contributed by atoms with Gasteiger partial charge in [0.25, 0.3) is 11.6 Å². The molecular weight excluding hydrogens is 440 g/mol. The minimum absolute atomic E-state index is 0.101. The van der Waals surface area contributed by atoms with E-state index in [4.69, 9.17) is 4.74 Å². The zero-order valence-corrected chi connectivity index (χ0v) is 19.2. The summed E-state index contributed by atoms with van der Waals surface area (Å²) in [4.78, 5) is 51.5. The lowest BCUT2D eigenvalue weighted by atomic mass is 9.98. The summed E-state index contributed by atoms with van der Waals surface area (Å²) in [6.07, 6.45) is 1.33. The maximum Gasteiger partial charge on any atom is 0.310 e. The molecule has 2 aromatic rings. The molecule has 1 fully saturated rings. The molecule has 1 saturated heterocycles. The summed E-state index contributed by atoms with van der Waals surface area (Å²) in [7, 11) is 1.47. The van der Waals surface area contributed by atoms with Gasteiger partial charge in [0.15, 0.2) is 0 Å². The Balaban J connectivity index is 1.67. The second-order valence-corrected chi connectivity index (χ2v) is 8.07. The standard InChI is InChI=1S/C24H28N4O6/c1-3-34-24(31)18-8-7-13-27(15-18)22(29)16-26(2)23(30)17-11-12-20(21(14-17)28(32)33)25-19-9-5-4-6-10-19/h4-6,9-12,14,18,25H,3,7-8,13,15-16H2,1-2H3. The molecule has 2 amide bonds. The Morgan fingerprint density at radius 2 is 1.94 bits per heavy atom. The van der Waals surface area contributed by atoms with Crippen molar-refractivity contribution in [3.05, 3.63) is 64.2 Å². The van der Waals surface area contributed by atoms with E-state index in [1.165, 1.54) is 30.1 Å². The van der Waals surface area contributed by atoms with Crippen molar-refractivity contribution in [1.29, 1.82) is 0 Å². The number of carbonyl (C=O) groups is 3. The molecule has 1 atom stereocenters. The minimum Gasteiger partial charge on any atom is -0.466 e. The molecule has 0 radical (unpaired) electrons. The number of benzene rings is 2. The van der Waals surface area contributed by atoms with Gasteiger partial charge < -0.3 is 19.9 Å². The van der Waals surface area contributed by atoms with Crippen LogP contribution in [-0.2, 0) is 14.3 Å². The average Bonchev–Trinajstić information content (AvgIpc) is 2.84. The van der Waals surface area contributed by atoms with Crippen LogP contribution in [0.25, 0.3) is 0 Å². The van der Waals surface area contributed by atoms with Gasteiger partial charge in [-0.25, -0.2) is 0 Å². The van der Waals surface area contributed by atoms with Crippen LogP contribution in [-0.4, -0.2) is 65.8 Å². The van der Waals surface area contributed by atoms with Crippen LogP contribution >= 0.6 is 0 Å². The molecule has 0 aromatic heterocycles. The number of hydrogen-bond donors (Lipinski definition) is 1. The van der Waals surface area contributed by atoms with Gasteiger partial charge in [-0.2, -0.15) is 0 Å². The lowest BCUT2D eigenvalue weighted by molar-refractivity contribution is -0.383. The molecule has 1 aliphatic heterocycles. The summed E-state index contributed by atoms with van der Waals surface area (Å²) in [5, 5.41) is 14.6.